The molecule has 0 unspecified atom stereocenters. The van der Waals surface area contributed by atoms with E-state index in [1.165, 1.54) is 11.3 Å². The van der Waals surface area contributed by atoms with Gasteiger partial charge in [0.2, 0.25) is 4.96 Å². The van der Waals surface area contributed by atoms with E-state index in [0.29, 0.717) is 17.4 Å². The quantitative estimate of drug-likeness (QED) is 0.713. The molecule has 0 atom stereocenters. The fourth-order valence-corrected chi connectivity index (χ4v) is 3.43. The van der Waals surface area contributed by atoms with E-state index in [-0.39, 0.29) is 11.2 Å². The Morgan fingerprint density at radius 2 is 2.09 bits per heavy atom. The summed E-state index contributed by atoms with van der Waals surface area (Å²) >= 11 is 1.41. The highest BCUT2D eigenvalue weighted by Crippen LogP contribution is 2.32. The maximum Gasteiger partial charge on any atom is 0.299 e. The molecule has 0 N–H and O–H groups in total. The molecule has 0 saturated heterocycles. The van der Waals surface area contributed by atoms with E-state index < -0.39 is 0 Å². The van der Waals surface area contributed by atoms with Crippen molar-refractivity contribution in [3.8, 4) is 10.9 Å². The number of Topliss-reactive ketones (excluding diaryl/α,β-unsaturated/α-hetero) is 1. The van der Waals surface area contributed by atoms with Gasteiger partial charge in [0.05, 0.1) is 11.9 Å². The molecule has 0 fully saturated rings. The van der Waals surface area contributed by atoms with Gasteiger partial charge in [-0.25, -0.2) is 9.50 Å². The topological polar surface area (TPSA) is 56.5 Å². The van der Waals surface area contributed by atoms with Crippen LogP contribution in [0.3, 0.4) is 0 Å². The van der Waals surface area contributed by atoms with Crippen LogP contribution < -0.4 is 4.74 Å². The molecule has 4 rings (SSSR count). The number of aryl methyl sites for hydroxylation is 1. The lowest BCUT2D eigenvalue weighted by molar-refractivity contribution is 0.0994. The van der Waals surface area contributed by atoms with Gasteiger partial charge in [-0.2, -0.15) is 0 Å². The fraction of sp³-hybridized carbons (Fsp3) is 0.353. The molecule has 1 aliphatic rings. The number of fused-ring (bicyclic) bond motifs is 2. The van der Waals surface area contributed by atoms with Crippen LogP contribution in [0.5, 0.6) is 10.9 Å². The summed E-state index contributed by atoms with van der Waals surface area (Å²) in [5.74, 6) is 0.931. The average molecular weight is 327 g/mol. The lowest BCUT2D eigenvalue weighted by Crippen LogP contribution is -2.11. The predicted molar refractivity (Wildman–Crippen MR) is 88.7 cm³/mol. The Hall–Kier alpha value is -2.21. The number of rotatable bonds is 2. The molecule has 0 radical (unpaired) electrons. The fourth-order valence-electron chi connectivity index (χ4n) is 2.68. The summed E-state index contributed by atoms with van der Waals surface area (Å²) in [7, 11) is 0. The number of nitrogens with zero attached hydrogens (tertiary/aromatic N) is 3. The Bertz CT molecular complexity index is 886. The van der Waals surface area contributed by atoms with Crippen molar-refractivity contribution in [3.63, 3.8) is 0 Å². The smallest absolute Gasteiger partial charge is 0.299 e. The number of hydrogen-bond acceptors (Lipinski definition) is 5. The van der Waals surface area contributed by atoms with Crippen molar-refractivity contribution < 1.29 is 9.53 Å². The van der Waals surface area contributed by atoms with Crippen molar-refractivity contribution in [1.29, 1.82) is 0 Å². The van der Waals surface area contributed by atoms with Crippen molar-refractivity contribution in [3.05, 3.63) is 41.2 Å². The van der Waals surface area contributed by atoms with Crippen molar-refractivity contribution in [2.24, 2.45) is 0 Å². The molecule has 2 aromatic heterocycles. The highest BCUT2D eigenvalue weighted by molar-refractivity contribution is 7.18. The Balaban J connectivity index is 1.61. The lowest BCUT2D eigenvalue weighted by atomic mass is 9.93. The van der Waals surface area contributed by atoms with Gasteiger partial charge in [-0.3, -0.25) is 4.79 Å². The third-order valence-electron chi connectivity index (χ3n) is 4.00. The molecule has 0 amide bonds. The van der Waals surface area contributed by atoms with E-state index in [9.17, 15) is 4.79 Å². The summed E-state index contributed by atoms with van der Waals surface area (Å²) in [5.41, 5.74) is 2.89. The van der Waals surface area contributed by atoms with Crippen LogP contribution >= 0.6 is 11.3 Å². The molecular formula is C17H17N3O2S. The Morgan fingerprint density at radius 1 is 1.26 bits per heavy atom. The number of imidazole rings is 1. The van der Waals surface area contributed by atoms with Gasteiger partial charge in [0.1, 0.15) is 5.75 Å². The first kappa shape index (κ1) is 14.4. The molecule has 118 valence electrons. The van der Waals surface area contributed by atoms with Gasteiger partial charge in [0.25, 0.3) is 5.19 Å². The van der Waals surface area contributed by atoms with E-state index in [1.807, 2.05) is 24.4 Å². The van der Waals surface area contributed by atoms with E-state index in [4.69, 9.17) is 4.74 Å². The van der Waals surface area contributed by atoms with Gasteiger partial charge in [-0.1, -0.05) is 20.8 Å². The van der Waals surface area contributed by atoms with Gasteiger partial charge < -0.3 is 4.74 Å². The zero-order valence-electron chi connectivity index (χ0n) is 13.3. The Labute approximate surface area is 137 Å². The molecular weight excluding hydrogens is 310 g/mol. The van der Waals surface area contributed by atoms with Crippen LogP contribution in [-0.2, 0) is 11.8 Å². The van der Waals surface area contributed by atoms with Crippen LogP contribution in [0.15, 0.2) is 24.4 Å². The van der Waals surface area contributed by atoms with Gasteiger partial charge >= 0.3 is 0 Å². The van der Waals surface area contributed by atoms with Crippen LogP contribution in [0.4, 0.5) is 0 Å². The first-order valence-electron chi connectivity index (χ1n) is 7.61. The van der Waals surface area contributed by atoms with Gasteiger partial charge in [-0.15, -0.1) is 5.10 Å². The summed E-state index contributed by atoms with van der Waals surface area (Å²) < 4.78 is 7.60. The minimum absolute atomic E-state index is 0.000955. The monoisotopic (exact) mass is 327 g/mol. The zero-order valence-corrected chi connectivity index (χ0v) is 14.1. The van der Waals surface area contributed by atoms with Crippen LogP contribution in [0.1, 0.15) is 48.8 Å². The van der Waals surface area contributed by atoms with E-state index in [2.05, 4.69) is 30.9 Å². The molecule has 0 aliphatic heterocycles. The molecule has 0 spiro atoms. The van der Waals surface area contributed by atoms with E-state index in [1.54, 1.807) is 4.52 Å². The van der Waals surface area contributed by atoms with Crippen molar-refractivity contribution in [2.75, 3.05) is 0 Å². The summed E-state index contributed by atoms with van der Waals surface area (Å²) in [6.45, 7) is 6.38. The van der Waals surface area contributed by atoms with Crippen LogP contribution in [0, 0.1) is 0 Å². The van der Waals surface area contributed by atoms with Crippen molar-refractivity contribution in [2.45, 2.75) is 39.0 Å². The summed E-state index contributed by atoms with van der Waals surface area (Å²) in [6.07, 6.45) is 3.33. The molecule has 1 aliphatic carbocycles. The second-order valence-corrected chi connectivity index (χ2v) is 7.73. The molecule has 6 heteroatoms. The largest absolute Gasteiger partial charge is 0.430 e. The molecule has 2 heterocycles. The molecule has 23 heavy (non-hydrogen) atoms. The van der Waals surface area contributed by atoms with Gasteiger partial charge in [0.15, 0.2) is 5.78 Å². The molecule has 0 saturated carbocycles. The summed E-state index contributed by atoms with van der Waals surface area (Å²) in [4.78, 5) is 17.1. The Kier molecular flexibility index (Phi) is 3.06. The molecule has 3 aromatic rings. The number of carbonyl (C=O) groups excluding carboxylic acids is 1. The average Bonchev–Trinajstić information content (AvgIpc) is 3.12. The van der Waals surface area contributed by atoms with Crippen LogP contribution in [0.25, 0.3) is 4.96 Å². The van der Waals surface area contributed by atoms with Gasteiger partial charge in [-0.05, 0) is 41.5 Å². The molecule has 1 aromatic carbocycles. The zero-order chi connectivity index (χ0) is 16.2. The highest BCUT2D eigenvalue weighted by Gasteiger charge is 2.21. The Morgan fingerprint density at radius 3 is 2.83 bits per heavy atom. The molecule has 5 nitrogen and oxygen atoms in total. The van der Waals surface area contributed by atoms with E-state index in [0.717, 1.165) is 28.2 Å². The number of benzene rings is 1. The second kappa shape index (κ2) is 4.89. The first-order chi connectivity index (χ1) is 10.9. The number of hydrogen-bond donors (Lipinski definition) is 0. The van der Waals surface area contributed by atoms with Crippen molar-refractivity contribution in [1.82, 2.24) is 14.6 Å². The molecule has 0 bridgehead atoms. The maximum atomic E-state index is 11.7. The number of aromatic nitrogens is 3. The number of carbonyl (C=O) groups is 1. The maximum absolute atomic E-state index is 11.7. The normalized spacial score (nSPS) is 14.5. The number of ether oxygens (including phenoxy) is 1. The predicted octanol–water partition coefficient (Wildman–Crippen LogP) is 4.01. The van der Waals surface area contributed by atoms with E-state index >= 15 is 0 Å². The third-order valence-corrected chi connectivity index (χ3v) is 4.80. The minimum atomic E-state index is 0.000955. The highest BCUT2D eigenvalue weighted by atomic mass is 32.1. The summed E-state index contributed by atoms with van der Waals surface area (Å²) in [5, 5.41) is 4.99. The minimum Gasteiger partial charge on any atom is -0.430 e. The summed E-state index contributed by atoms with van der Waals surface area (Å²) in [6, 6.07) is 5.61. The van der Waals surface area contributed by atoms with Crippen molar-refractivity contribution >= 4 is 22.1 Å². The third kappa shape index (κ3) is 2.53. The van der Waals surface area contributed by atoms with Crippen LogP contribution in [0.2, 0.25) is 0 Å². The van der Waals surface area contributed by atoms with Crippen LogP contribution in [-0.4, -0.2) is 20.4 Å². The second-order valence-electron chi connectivity index (χ2n) is 6.82. The SMILES string of the molecule is CC(C)(C)c1cn2nc(Oc3ccc4c(c3)CCC4=O)sc2n1. The van der Waals surface area contributed by atoms with Gasteiger partial charge in [0, 0.05) is 17.4 Å². The lowest BCUT2D eigenvalue weighted by Gasteiger charge is -2.13. The number of ketones is 1. The standard InChI is InChI=1S/C17H17N3O2S/c1-17(2,3)14-9-20-15(18-14)23-16(19-20)22-11-5-6-12-10(8-11)4-7-13(12)21/h5-6,8-9H,4,7H2,1-3H3. The first-order valence-corrected chi connectivity index (χ1v) is 8.42.